The number of likely N-dealkylation sites (N-methyl/N-ethyl adjacent to an activating group) is 1. The number of nitrogens with zero attached hydrogens (tertiary/aromatic N) is 1. The number of carbonyl (C=O) groups excluding carboxylic acids is 2. The minimum Gasteiger partial charge on any atom is -0.507 e. The van der Waals surface area contributed by atoms with Gasteiger partial charge in [0.1, 0.15) is 11.6 Å². The lowest BCUT2D eigenvalue weighted by Gasteiger charge is -2.21. The molecule has 1 saturated heterocycles. The molecule has 6 heteroatoms. The molecule has 1 N–H and O–H groups in total. The minimum atomic E-state index is -0.984. The van der Waals surface area contributed by atoms with E-state index >= 15 is 0 Å². The van der Waals surface area contributed by atoms with E-state index in [2.05, 4.69) is 0 Å². The lowest BCUT2D eigenvalue weighted by molar-refractivity contribution is -0.139. The third-order valence-electron chi connectivity index (χ3n) is 3.99. The maximum Gasteiger partial charge on any atom is 0.295 e. The van der Waals surface area contributed by atoms with Gasteiger partial charge in [0.05, 0.1) is 11.6 Å². The summed E-state index contributed by atoms with van der Waals surface area (Å²) < 4.78 is 14.2. The first kappa shape index (κ1) is 16.2. The second-order valence-electron chi connectivity index (χ2n) is 5.44. The fourth-order valence-electron chi connectivity index (χ4n) is 2.77. The molecule has 1 amide bonds. The zero-order valence-electron chi connectivity index (χ0n) is 12.7. The molecule has 2 aromatic carbocycles. The molecule has 122 valence electrons. The quantitative estimate of drug-likeness (QED) is 0.514. The highest BCUT2D eigenvalue weighted by Crippen LogP contribution is 2.39. The summed E-state index contributed by atoms with van der Waals surface area (Å²) in [5.41, 5.74) is 0.330. The van der Waals surface area contributed by atoms with E-state index in [1.54, 1.807) is 18.2 Å². The van der Waals surface area contributed by atoms with Gasteiger partial charge in [-0.1, -0.05) is 29.8 Å². The van der Waals surface area contributed by atoms with Gasteiger partial charge in [0.2, 0.25) is 0 Å². The van der Waals surface area contributed by atoms with Crippen molar-refractivity contribution in [3.05, 3.63) is 76.1 Å². The molecule has 3 rings (SSSR count). The number of aliphatic hydroxyl groups is 1. The average molecular weight is 346 g/mol. The Kier molecular flexibility index (Phi) is 4.11. The Bertz CT molecular complexity index is 861. The third-order valence-corrected chi connectivity index (χ3v) is 4.24. The average Bonchev–Trinajstić information content (AvgIpc) is 2.79. The van der Waals surface area contributed by atoms with Gasteiger partial charge >= 0.3 is 0 Å². The second-order valence-corrected chi connectivity index (χ2v) is 5.87. The summed E-state index contributed by atoms with van der Waals surface area (Å²) in [6.45, 7) is 0. The molecule has 0 aromatic heterocycles. The van der Waals surface area contributed by atoms with Gasteiger partial charge in [-0.3, -0.25) is 9.59 Å². The Morgan fingerprint density at radius 2 is 1.75 bits per heavy atom. The van der Waals surface area contributed by atoms with Gasteiger partial charge in [-0.15, -0.1) is 0 Å². The number of hydrogen-bond donors (Lipinski definition) is 1. The molecule has 2 aromatic rings. The van der Waals surface area contributed by atoms with E-state index < -0.39 is 23.5 Å². The van der Waals surface area contributed by atoms with Crippen molar-refractivity contribution >= 4 is 29.1 Å². The molecule has 0 spiro atoms. The Balaban J connectivity index is 2.20. The van der Waals surface area contributed by atoms with Crippen molar-refractivity contribution in [2.45, 2.75) is 6.04 Å². The third kappa shape index (κ3) is 2.57. The second kappa shape index (κ2) is 6.09. The maximum atomic E-state index is 14.2. The van der Waals surface area contributed by atoms with Crippen molar-refractivity contribution in [1.82, 2.24) is 4.90 Å². The van der Waals surface area contributed by atoms with Gasteiger partial charge < -0.3 is 10.0 Å². The van der Waals surface area contributed by atoms with Crippen LogP contribution in [-0.4, -0.2) is 28.7 Å². The Labute approximate surface area is 142 Å². The summed E-state index contributed by atoms with van der Waals surface area (Å²) in [6, 6.07) is 11.0. The number of carbonyl (C=O) groups is 2. The van der Waals surface area contributed by atoms with E-state index in [9.17, 15) is 19.1 Å². The molecule has 1 atom stereocenters. The smallest absolute Gasteiger partial charge is 0.295 e. The number of aliphatic hydroxyl groups excluding tert-OH is 1. The monoisotopic (exact) mass is 345 g/mol. The largest absolute Gasteiger partial charge is 0.507 e. The van der Waals surface area contributed by atoms with E-state index in [0.29, 0.717) is 10.6 Å². The molecule has 1 fully saturated rings. The number of halogens is 2. The van der Waals surface area contributed by atoms with Crippen LogP contribution in [0.1, 0.15) is 17.2 Å². The van der Waals surface area contributed by atoms with Crippen molar-refractivity contribution in [2.75, 3.05) is 7.05 Å². The summed E-state index contributed by atoms with van der Waals surface area (Å²) in [4.78, 5) is 25.6. The molecular weight excluding hydrogens is 333 g/mol. The van der Waals surface area contributed by atoms with Gasteiger partial charge in [-0.25, -0.2) is 4.39 Å². The molecule has 1 aliphatic rings. The Morgan fingerprint density at radius 3 is 2.38 bits per heavy atom. The van der Waals surface area contributed by atoms with Crippen LogP contribution in [-0.2, 0) is 9.59 Å². The van der Waals surface area contributed by atoms with Crippen LogP contribution in [0.3, 0.4) is 0 Å². The molecule has 1 aliphatic heterocycles. The van der Waals surface area contributed by atoms with E-state index in [4.69, 9.17) is 11.6 Å². The van der Waals surface area contributed by atoms with E-state index in [1.165, 1.54) is 37.4 Å². The molecule has 0 aliphatic carbocycles. The fraction of sp³-hybridized carbons (Fsp3) is 0.111. The minimum absolute atomic E-state index is 0.144. The summed E-state index contributed by atoms with van der Waals surface area (Å²) in [5, 5.41) is 11.0. The molecule has 24 heavy (non-hydrogen) atoms. The summed E-state index contributed by atoms with van der Waals surface area (Å²) in [6.07, 6.45) is 0. The SMILES string of the molecule is CN1C(=O)C(=O)C(=C(O)c2ccc(Cl)cc2)[C@H]1c1ccccc1F. The van der Waals surface area contributed by atoms with Crippen LogP contribution in [0.4, 0.5) is 4.39 Å². The number of amides is 1. The Morgan fingerprint density at radius 1 is 1.12 bits per heavy atom. The zero-order valence-corrected chi connectivity index (χ0v) is 13.4. The molecule has 0 saturated carbocycles. The molecule has 4 nitrogen and oxygen atoms in total. The normalized spacial score (nSPS) is 19.8. The van der Waals surface area contributed by atoms with Crippen LogP contribution in [0.15, 0.2) is 54.1 Å². The molecule has 0 bridgehead atoms. The maximum absolute atomic E-state index is 14.2. The topological polar surface area (TPSA) is 57.6 Å². The first-order valence-corrected chi connectivity index (χ1v) is 7.54. The highest BCUT2D eigenvalue weighted by atomic mass is 35.5. The van der Waals surface area contributed by atoms with Crippen LogP contribution in [0, 0.1) is 5.82 Å². The zero-order chi connectivity index (χ0) is 17.4. The van der Waals surface area contributed by atoms with Gasteiger partial charge in [0, 0.05) is 23.2 Å². The van der Waals surface area contributed by atoms with Crippen LogP contribution in [0.5, 0.6) is 0 Å². The fourth-order valence-corrected chi connectivity index (χ4v) is 2.90. The van der Waals surface area contributed by atoms with Crippen molar-refractivity contribution in [3.8, 4) is 0 Å². The highest BCUT2D eigenvalue weighted by molar-refractivity contribution is 6.46. The van der Waals surface area contributed by atoms with E-state index in [-0.39, 0.29) is 16.9 Å². The number of likely N-dealkylation sites (tertiary alicyclic amines) is 1. The summed E-state index contributed by atoms with van der Waals surface area (Å²) in [5.74, 6) is -2.56. The van der Waals surface area contributed by atoms with Crippen LogP contribution >= 0.6 is 11.6 Å². The summed E-state index contributed by atoms with van der Waals surface area (Å²) in [7, 11) is 1.40. The number of rotatable bonds is 2. The van der Waals surface area contributed by atoms with E-state index in [0.717, 1.165) is 4.90 Å². The van der Waals surface area contributed by atoms with Crippen LogP contribution in [0.2, 0.25) is 5.02 Å². The predicted octanol–water partition coefficient (Wildman–Crippen LogP) is 3.53. The lowest BCUT2D eigenvalue weighted by Crippen LogP contribution is -2.25. The van der Waals surface area contributed by atoms with Gasteiger partial charge in [0.15, 0.2) is 0 Å². The standard InChI is InChI=1S/C18H13ClFNO3/c1-21-15(12-4-2-3-5-13(12)20)14(17(23)18(21)24)16(22)10-6-8-11(19)9-7-10/h2-9,15,22H,1H3/t15-/m1/s1. The predicted molar refractivity (Wildman–Crippen MR) is 87.9 cm³/mol. The number of hydrogen-bond acceptors (Lipinski definition) is 3. The molecule has 0 unspecified atom stereocenters. The van der Waals surface area contributed by atoms with Crippen molar-refractivity contribution in [2.24, 2.45) is 0 Å². The first-order chi connectivity index (χ1) is 11.4. The van der Waals surface area contributed by atoms with Crippen molar-refractivity contribution in [3.63, 3.8) is 0 Å². The molecule has 0 radical (unpaired) electrons. The number of Topliss-reactive ketones (excluding diaryl/α,β-unsaturated/α-hetero) is 1. The van der Waals surface area contributed by atoms with Gasteiger partial charge in [-0.05, 0) is 30.3 Å². The Hall–Kier alpha value is -2.66. The van der Waals surface area contributed by atoms with Crippen LogP contribution in [0.25, 0.3) is 5.76 Å². The lowest BCUT2D eigenvalue weighted by atomic mass is 9.95. The van der Waals surface area contributed by atoms with Gasteiger partial charge in [0.25, 0.3) is 11.7 Å². The van der Waals surface area contributed by atoms with Crippen LogP contribution < -0.4 is 0 Å². The van der Waals surface area contributed by atoms with Gasteiger partial charge in [-0.2, -0.15) is 0 Å². The van der Waals surface area contributed by atoms with Crippen molar-refractivity contribution < 1.29 is 19.1 Å². The molecule has 1 heterocycles. The number of ketones is 1. The first-order valence-electron chi connectivity index (χ1n) is 7.16. The van der Waals surface area contributed by atoms with Crippen molar-refractivity contribution in [1.29, 1.82) is 0 Å². The molecular formula is C18H13ClFNO3. The highest BCUT2D eigenvalue weighted by Gasteiger charge is 2.45. The summed E-state index contributed by atoms with van der Waals surface area (Å²) >= 11 is 5.82. The van der Waals surface area contributed by atoms with E-state index in [1.807, 2.05) is 0 Å². The number of benzene rings is 2.